The van der Waals surface area contributed by atoms with Crippen LogP contribution in [0.5, 0.6) is 0 Å². The van der Waals surface area contributed by atoms with Crippen molar-refractivity contribution in [3.63, 3.8) is 0 Å². The van der Waals surface area contributed by atoms with E-state index in [4.69, 9.17) is 0 Å². The molecule has 2 aliphatic rings. The van der Waals surface area contributed by atoms with Crippen molar-refractivity contribution in [1.29, 1.82) is 0 Å². The van der Waals surface area contributed by atoms with Crippen molar-refractivity contribution >= 4 is 16.8 Å². The predicted molar refractivity (Wildman–Crippen MR) is 143 cm³/mol. The standard InChI is InChI=1S/C30H29FN4O2/c1-20-7-6-10-23(15-20)17-34-18-26-29(25-16-24(31)13-14-27(25)34)33-35(30(26)37)19-28(36)32-21(2)11-12-22-8-4-3-5-9-22/h3-10,13-16,18,21H,11-12,17,19H2,1-2H3,(H,32,36). The number of hydrogen-bond acceptors (Lipinski definition) is 3. The Bertz CT molecular complexity index is 1590. The Morgan fingerprint density at radius 1 is 1.03 bits per heavy atom. The molecule has 0 fully saturated rings. The van der Waals surface area contributed by atoms with Gasteiger partial charge < -0.3 is 9.88 Å². The zero-order valence-corrected chi connectivity index (χ0v) is 20.9. The number of hydrogen-bond donors (Lipinski definition) is 1. The third-order valence-corrected chi connectivity index (χ3v) is 6.59. The lowest BCUT2D eigenvalue weighted by Gasteiger charge is -2.14. The number of halogens is 1. The Hall–Kier alpha value is -4.26. The summed E-state index contributed by atoms with van der Waals surface area (Å²) >= 11 is 0. The number of carbonyl (C=O) groups is 1. The minimum Gasteiger partial charge on any atom is -0.352 e. The zero-order chi connectivity index (χ0) is 25.9. The van der Waals surface area contributed by atoms with E-state index < -0.39 is 5.82 Å². The summed E-state index contributed by atoms with van der Waals surface area (Å²) in [7, 11) is 0. The number of rotatable bonds is 8. The average Bonchev–Trinajstić information content (AvgIpc) is 3.18. The topological polar surface area (TPSA) is 68.9 Å². The van der Waals surface area contributed by atoms with Crippen LogP contribution < -0.4 is 10.9 Å². The Kier molecular flexibility index (Phi) is 6.86. The Morgan fingerprint density at radius 3 is 2.59 bits per heavy atom. The van der Waals surface area contributed by atoms with Gasteiger partial charge in [0, 0.05) is 24.2 Å². The van der Waals surface area contributed by atoms with Crippen molar-refractivity contribution in [2.45, 2.75) is 45.8 Å². The number of carbonyl (C=O) groups excluding carboxylic acids is 1. The molecule has 5 rings (SSSR count). The number of fused-ring (bicyclic) bond motifs is 3. The molecule has 0 aliphatic carbocycles. The Balaban J connectivity index is 1.40. The minimum atomic E-state index is -0.408. The van der Waals surface area contributed by atoms with Crippen LogP contribution in [-0.4, -0.2) is 26.3 Å². The summed E-state index contributed by atoms with van der Waals surface area (Å²) in [5.41, 5.74) is 4.56. The summed E-state index contributed by atoms with van der Waals surface area (Å²) in [5.74, 6) is -0.692. The van der Waals surface area contributed by atoms with E-state index in [1.54, 1.807) is 12.3 Å². The number of nitrogens with one attached hydrogen (secondary N) is 1. The van der Waals surface area contributed by atoms with Crippen LogP contribution in [0.2, 0.25) is 0 Å². The molecule has 0 bridgehead atoms. The molecule has 1 atom stereocenters. The molecular formula is C30H29FN4O2. The number of nitrogens with zero attached hydrogens (tertiary/aromatic N) is 3. The van der Waals surface area contributed by atoms with Gasteiger partial charge in [-0.2, -0.15) is 5.10 Å². The Labute approximate surface area is 214 Å². The maximum atomic E-state index is 14.2. The van der Waals surface area contributed by atoms with Crippen molar-refractivity contribution in [3.05, 3.63) is 112 Å². The molecule has 0 spiro atoms. The molecule has 0 saturated carbocycles. The van der Waals surface area contributed by atoms with Gasteiger partial charge >= 0.3 is 0 Å². The summed E-state index contributed by atoms with van der Waals surface area (Å²) in [4.78, 5) is 26.0. The zero-order valence-electron chi connectivity index (χ0n) is 20.9. The van der Waals surface area contributed by atoms with Crippen LogP contribution in [0.4, 0.5) is 4.39 Å². The van der Waals surface area contributed by atoms with Crippen LogP contribution >= 0.6 is 0 Å². The van der Waals surface area contributed by atoms with Crippen LogP contribution in [0.1, 0.15) is 30.0 Å². The van der Waals surface area contributed by atoms with E-state index in [-0.39, 0.29) is 24.1 Å². The molecule has 3 aromatic rings. The molecule has 0 aromatic heterocycles. The highest BCUT2D eigenvalue weighted by Gasteiger charge is 2.22. The molecule has 0 saturated heterocycles. The second kappa shape index (κ2) is 10.4. The van der Waals surface area contributed by atoms with Gasteiger partial charge in [-0.15, -0.1) is 0 Å². The summed E-state index contributed by atoms with van der Waals surface area (Å²) < 4.78 is 17.4. The van der Waals surface area contributed by atoms with E-state index in [2.05, 4.69) is 28.6 Å². The van der Waals surface area contributed by atoms with Gasteiger partial charge in [0.2, 0.25) is 5.91 Å². The van der Waals surface area contributed by atoms with Crippen molar-refractivity contribution in [2.24, 2.45) is 0 Å². The highest BCUT2D eigenvalue weighted by atomic mass is 19.1. The molecule has 1 amide bonds. The highest BCUT2D eigenvalue weighted by molar-refractivity contribution is 5.94. The average molecular weight is 497 g/mol. The molecule has 188 valence electrons. The summed E-state index contributed by atoms with van der Waals surface area (Å²) in [6.07, 6.45) is 3.38. The molecule has 6 nitrogen and oxygen atoms in total. The molecular weight excluding hydrogens is 467 g/mol. The van der Waals surface area contributed by atoms with Gasteiger partial charge in [0.25, 0.3) is 5.56 Å². The van der Waals surface area contributed by atoms with Crippen molar-refractivity contribution in [2.75, 3.05) is 0 Å². The third-order valence-electron chi connectivity index (χ3n) is 6.59. The normalized spacial score (nSPS) is 12.2. The first-order valence-corrected chi connectivity index (χ1v) is 12.5. The van der Waals surface area contributed by atoms with Gasteiger partial charge in [0.15, 0.2) is 0 Å². The Morgan fingerprint density at radius 2 is 1.81 bits per heavy atom. The third kappa shape index (κ3) is 5.45. The van der Waals surface area contributed by atoms with Gasteiger partial charge in [-0.3, -0.25) is 9.59 Å². The number of pyridine rings is 1. The quantitative estimate of drug-likeness (QED) is 0.331. The fraction of sp³-hybridized carbons (Fsp3) is 0.233. The lowest BCUT2D eigenvalue weighted by Crippen LogP contribution is -2.37. The predicted octanol–water partition coefficient (Wildman–Crippen LogP) is 4.94. The van der Waals surface area contributed by atoms with E-state index in [0.717, 1.165) is 29.5 Å². The van der Waals surface area contributed by atoms with E-state index in [9.17, 15) is 14.0 Å². The summed E-state index contributed by atoms with van der Waals surface area (Å²) in [6, 6.07) is 22.6. The van der Waals surface area contributed by atoms with Gasteiger partial charge in [0.05, 0.1) is 11.1 Å². The van der Waals surface area contributed by atoms with Crippen molar-refractivity contribution < 1.29 is 9.18 Å². The van der Waals surface area contributed by atoms with Crippen LogP contribution in [-0.2, 0) is 24.3 Å². The highest BCUT2D eigenvalue weighted by Crippen LogP contribution is 2.28. The lowest BCUT2D eigenvalue weighted by atomic mass is 10.1. The van der Waals surface area contributed by atoms with Crippen LogP contribution in [0.25, 0.3) is 22.2 Å². The molecule has 2 heterocycles. The monoisotopic (exact) mass is 496 g/mol. The minimum absolute atomic E-state index is 0.0563. The largest absolute Gasteiger partial charge is 0.352 e. The summed E-state index contributed by atoms with van der Waals surface area (Å²) in [5, 5.41) is 7.95. The van der Waals surface area contributed by atoms with Gasteiger partial charge in [-0.1, -0.05) is 60.2 Å². The number of aryl methyl sites for hydroxylation is 2. The number of benzene rings is 3. The molecule has 2 aliphatic heterocycles. The molecule has 7 heteroatoms. The first kappa shape index (κ1) is 24.4. The SMILES string of the molecule is Cc1cccc(Cn2cc3c(=O)n(CC(=O)NC(C)CCc4ccccc4)nc-3c3cc(F)ccc32)c1. The summed E-state index contributed by atoms with van der Waals surface area (Å²) in [6.45, 7) is 4.29. The number of amides is 1. The van der Waals surface area contributed by atoms with Gasteiger partial charge in [-0.25, -0.2) is 9.07 Å². The smallest absolute Gasteiger partial charge is 0.278 e. The molecule has 1 unspecified atom stereocenters. The van der Waals surface area contributed by atoms with E-state index in [1.165, 1.54) is 22.4 Å². The van der Waals surface area contributed by atoms with Crippen LogP contribution in [0.15, 0.2) is 83.8 Å². The van der Waals surface area contributed by atoms with Gasteiger partial charge in [-0.05, 0) is 56.0 Å². The first-order valence-electron chi connectivity index (χ1n) is 12.5. The fourth-order valence-electron chi connectivity index (χ4n) is 4.75. The first-order chi connectivity index (χ1) is 17.9. The van der Waals surface area contributed by atoms with E-state index in [1.807, 2.05) is 54.8 Å². The van der Waals surface area contributed by atoms with Gasteiger partial charge in [0.1, 0.15) is 18.1 Å². The maximum absolute atomic E-state index is 14.2. The molecule has 0 radical (unpaired) electrons. The lowest BCUT2D eigenvalue weighted by molar-refractivity contribution is -0.122. The number of aromatic nitrogens is 3. The van der Waals surface area contributed by atoms with Crippen molar-refractivity contribution in [1.82, 2.24) is 19.7 Å². The van der Waals surface area contributed by atoms with E-state index >= 15 is 0 Å². The molecule has 1 N–H and O–H groups in total. The van der Waals surface area contributed by atoms with Crippen molar-refractivity contribution in [3.8, 4) is 11.3 Å². The van der Waals surface area contributed by atoms with E-state index in [0.29, 0.717) is 23.2 Å². The fourth-order valence-corrected chi connectivity index (χ4v) is 4.75. The molecule has 3 aromatic carbocycles. The van der Waals surface area contributed by atoms with Crippen LogP contribution in [0, 0.1) is 12.7 Å². The maximum Gasteiger partial charge on any atom is 0.278 e. The van der Waals surface area contributed by atoms with Crippen LogP contribution in [0.3, 0.4) is 0 Å². The second-order valence-corrected chi connectivity index (χ2v) is 9.63. The molecule has 37 heavy (non-hydrogen) atoms. The second-order valence-electron chi connectivity index (χ2n) is 9.63.